The zero-order chi connectivity index (χ0) is 24.4. The summed E-state index contributed by atoms with van der Waals surface area (Å²) in [5.41, 5.74) is 2.21. The normalized spacial score (nSPS) is 18.5. The molecule has 1 N–H and O–H groups in total. The molecule has 1 amide bonds. The lowest BCUT2D eigenvalue weighted by atomic mass is 9.95. The van der Waals surface area contributed by atoms with Crippen molar-refractivity contribution in [3.63, 3.8) is 0 Å². The van der Waals surface area contributed by atoms with Crippen molar-refractivity contribution in [1.29, 1.82) is 0 Å². The summed E-state index contributed by atoms with van der Waals surface area (Å²) < 4.78 is 16.4. The van der Waals surface area contributed by atoms with E-state index >= 15 is 0 Å². The molecule has 1 fully saturated rings. The van der Waals surface area contributed by atoms with Gasteiger partial charge in [-0.05, 0) is 47.9 Å². The number of amides is 1. The minimum atomic E-state index is -0.707. The molecule has 2 aliphatic heterocycles. The van der Waals surface area contributed by atoms with Gasteiger partial charge in [0, 0.05) is 12.1 Å². The molecule has 0 bridgehead atoms. The number of aliphatic hydroxyl groups is 1. The number of carbonyl (C=O) groups is 2. The number of hydrogen-bond donors (Lipinski definition) is 1. The van der Waals surface area contributed by atoms with Crippen LogP contribution in [0.25, 0.3) is 5.76 Å². The van der Waals surface area contributed by atoms with Crippen LogP contribution in [-0.2, 0) is 16.0 Å². The third-order valence-electron chi connectivity index (χ3n) is 6.27. The van der Waals surface area contributed by atoms with Crippen LogP contribution in [-0.4, -0.2) is 48.6 Å². The quantitative estimate of drug-likeness (QED) is 0.331. The molecular weight excluding hydrogens is 446 g/mol. The number of benzene rings is 3. The van der Waals surface area contributed by atoms with Crippen molar-refractivity contribution in [2.45, 2.75) is 12.5 Å². The van der Waals surface area contributed by atoms with Crippen molar-refractivity contribution in [3.05, 3.63) is 95.1 Å². The van der Waals surface area contributed by atoms with Gasteiger partial charge in [-0.2, -0.15) is 0 Å². The van der Waals surface area contributed by atoms with Crippen molar-refractivity contribution < 1.29 is 28.9 Å². The second kappa shape index (κ2) is 9.54. The van der Waals surface area contributed by atoms with E-state index in [1.165, 1.54) is 4.90 Å². The number of rotatable bonds is 6. The predicted molar refractivity (Wildman–Crippen MR) is 130 cm³/mol. The van der Waals surface area contributed by atoms with Crippen LogP contribution < -0.4 is 14.2 Å². The Bertz CT molecular complexity index is 1280. The summed E-state index contributed by atoms with van der Waals surface area (Å²) in [5.74, 6) is 0.240. The maximum absolute atomic E-state index is 13.2. The summed E-state index contributed by atoms with van der Waals surface area (Å²) in [6, 6.07) is 21.2. The Labute approximate surface area is 203 Å². The van der Waals surface area contributed by atoms with Crippen LogP contribution >= 0.6 is 0 Å². The Morgan fingerprint density at radius 1 is 0.971 bits per heavy atom. The summed E-state index contributed by atoms with van der Waals surface area (Å²) in [6.45, 7) is 1.16. The van der Waals surface area contributed by atoms with Crippen LogP contribution in [0.3, 0.4) is 0 Å². The first kappa shape index (κ1) is 22.5. The zero-order valence-corrected chi connectivity index (χ0v) is 19.3. The summed E-state index contributed by atoms with van der Waals surface area (Å²) in [4.78, 5) is 27.9. The molecule has 0 aliphatic carbocycles. The maximum Gasteiger partial charge on any atom is 0.295 e. The molecule has 3 aromatic carbocycles. The lowest BCUT2D eigenvalue weighted by Gasteiger charge is -2.25. The van der Waals surface area contributed by atoms with E-state index in [9.17, 15) is 14.7 Å². The van der Waals surface area contributed by atoms with Crippen LogP contribution in [0.15, 0.2) is 78.4 Å². The van der Waals surface area contributed by atoms with Crippen molar-refractivity contribution in [2.24, 2.45) is 0 Å². The molecule has 3 aromatic rings. The van der Waals surface area contributed by atoms with E-state index in [0.717, 1.165) is 16.9 Å². The van der Waals surface area contributed by atoms with E-state index in [0.29, 0.717) is 43.2 Å². The highest BCUT2D eigenvalue weighted by Gasteiger charge is 2.45. The second-order valence-electron chi connectivity index (χ2n) is 8.36. The molecular formula is C28H25NO6. The Morgan fingerprint density at radius 2 is 1.69 bits per heavy atom. The van der Waals surface area contributed by atoms with Gasteiger partial charge in [0.1, 0.15) is 24.7 Å². The van der Waals surface area contributed by atoms with E-state index in [1.54, 1.807) is 25.3 Å². The number of nitrogens with zero attached hydrogens (tertiary/aromatic N) is 1. The van der Waals surface area contributed by atoms with Gasteiger partial charge in [-0.1, -0.05) is 42.5 Å². The molecule has 0 saturated carbocycles. The van der Waals surface area contributed by atoms with Crippen LogP contribution in [0.5, 0.6) is 17.2 Å². The van der Waals surface area contributed by atoms with Crippen molar-refractivity contribution in [3.8, 4) is 17.2 Å². The molecule has 1 atom stereocenters. The number of carbonyl (C=O) groups excluding carboxylic acids is 2. The van der Waals surface area contributed by atoms with Gasteiger partial charge in [-0.25, -0.2) is 0 Å². The fourth-order valence-electron chi connectivity index (χ4n) is 4.48. The standard InChI is InChI=1S/C28H25NO6/c1-33-21-10-7-18(8-11-21)13-14-29-25(19-5-3-2-4-6-19)24(27(31)28(29)32)26(30)20-9-12-22-23(17-20)35-16-15-34-22/h2-12,17,25,30H,13-16H2,1H3/b26-24-. The first-order valence-corrected chi connectivity index (χ1v) is 11.4. The van der Waals surface area contributed by atoms with Crippen LogP contribution in [0.1, 0.15) is 22.7 Å². The molecule has 1 saturated heterocycles. The minimum absolute atomic E-state index is 0.0626. The monoisotopic (exact) mass is 471 g/mol. The van der Waals surface area contributed by atoms with Gasteiger partial charge >= 0.3 is 0 Å². The van der Waals surface area contributed by atoms with Gasteiger partial charge in [0.2, 0.25) is 0 Å². The molecule has 1 unspecified atom stereocenters. The van der Waals surface area contributed by atoms with Gasteiger partial charge in [-0.3, -0.25) is 9.59 Å². The number of fused-ring (bicyclic) bond motifs is 1. The molecule has 2 heterocycles. The van der Waals surface area contributed by atoms with E-state index in [-0.39, 0.29) is 11.3 Å². The van der Waals surface area contributed by atoms with Gasteiger partial charge < -0.3 is 24.2 Å². The highest BCUT2D eigenvalue weighted by atomic mass is 16.6. The lowest BCUT2D eigenvalue weighted by molar-refractivity contribution is -0.139. The van der Waals surface area contributed by atoms with E-state index < -0.39 is 17.7 Å². The van der Waals surface area contributed by atoms with Gasteiger partial charge in [0.25, 0.3) is 11.7 Å². The van der Waals surface area contributed by atoms with E-state index in [2.05, 4.69) is 0 Å². The van der Waals surface area contributed by atoms with E-state index in [1.807, 2.05) is 54.6 Å². The van der Waals surface area contributed by atoms with Gasteiger partial charge in [0.05, 0.1) is 18.7 Å². The van der Waals surface area contributed by atoms with Gasteiger partial charge in [-0.15, -0.1) is 0 Å². The number of likely N-dealkylation sites (tertiary alicyclic amines) is 1. The Balaban J connectivity index is 1.52. The Morgan fingerprint density at radius 3 is 2.40 bits per heavy atom. The number of methoxy groups -OCH3 is 1. The molecule has 35 heavy (non-hydrogen) atoms. The molecule has 0 spiro atoms. The fraction of sp³-hybridized carbons (Fsp3) is 0.214. The maximum atomic E-state index is 13.2. The Hall–Kier alpha value is -4.26. The van der Waals surface area contributed by atoms with Crippen LogP contribution in [0.2, 0.25) is 0 Å². The average molecular weight is 472 g/mol. The third-order valence-corrected chi connectivity index (χ3v) is 6.27. The molecule has 7 nitrogen and oxygen atoms in total. The smallest absolute Gasteiger partial charge is 0.295 e. The largest absolute Gasteiger partial charge is 0.507 e. The first-order valence-electron chi connectivity index (χ1n) is 11.4. The van der Waals surface area contributed by atoms with Crippen LogP contribution in [0.4, 0.5) is 0 Å². The predicted octanol–water partition coefficient (Wildman–Crippen LogP) is 4.13. The summed E-state index contributed by atoms with van der Waals surface area (Å²) in [6.07, 6.45) is 0.546. The SMILES string of the molecule is COc1ccc(CCN2C(=O)C(=O)/C(=C(\O)c3ccc4c(c3)OCCO4)C2c2ccccc2)cc1. The first-order chi connectivity index (χ1) is 17.1. The lowest BCUT2D eigenvalue weighted by Crippen LogP contribution is -2.31. The number of Topliss-reactive ketones (excluding diaryl/α,β-unsaturated/α-hetero) is 1. The molecule has 0 radical (unpaired) electrons. The zero-order valence-electron chi connectivity index (χ0n) is 19.3. The number of aliphatic hydroxyl groups excluding tert-OH is 1. The van der Waals surface area contributed by atoms with Gasteiger partial charge in [0.15, 0.2) is 11.5 Å². The highest BCUT2D eigenvalue weighted by molar-refractivity contribution is 6.46. The summed E-state index contributed by atoms with van der Waals surface area (Å²) >= 11 is 0. The second-order valence-corrected chi connectivity index (χ2v) is 8.36. The average Bonchev–Trinajstić information content (AvgIpc) is 3.17. The Kier molecular flexibility index (Phi) is 6.14. The topological polar surface area (TPSA) is 85.3 Å². The highest BCUT2D eigenvalue weighted by Crippen LogP contribution is 2.41. The minimum Gasteiger partial charge on any atom is -0.507 e. The van der Waals surface area contributed by atoms with Crippen molar-refractivity contribution in [2.75, 3.05) is 26.9 Å². The summed E-state index contributed by atoms with van der Waals surface area (Å²) in [5, 5.41) is 11.3. The number of hydrogen-bond acceptors (Lipinski definition) is 6. The fourth-order valence-corrected chi connectivity index (χ4v) is 4.48. The third kappa shape index (κ3) is 4.33. The number of ketones is 1. The molecule has 178 valence electrons. The van der Waals surface area contributed by atoms with Crippen molar-refractivity contribution >= 4 is 17.4 Å². The van der Waals surface area contributed by atoms with Crippen molar-refractivity contribution in [1.82, 2.24) is 4.90 Å². The molecule has 2 aliphatic rings. The number of ether oxygens (including phenoxy) is 3. The molecule has 0 aromatic heterocycles. The van der Waals surface area contributed by atoms with E-state index in [4.69, 9.17) is 14.2 Å². The van der Waals surface area contributed by atoms with Crippen LogP contribution in [0, 0.1) is 0 Å². The molecule has 7 heteroatoms. The summed E-state index contributed by atoms with van der Waals surface area (Å²) in [7, 11) is 1.61. The molecule has 5 rings (SSSR count).